The fourth-order valence-corrected chi connectivity index (χ4v) is 4.58. The SMILES string of the molecule is CC1CNCC(C)N1C(=O)CC1CC2CCC1C2. The zero-order valence-electron chi connectivity index (χ0n) is 11.7. The molecule has 3 aliphatic rings. The maximum absolute atomic E-state index is 12.5. The number of rotatable bonds is 2. The van der Waals surface area contributed by atoms with Crippen molar-refractivity contribution in [3.05, 3.63) is 0 Å². The van der Waals surface area contributed by atoms with Crippen LogP contribution in [0.4, 0.5) is 0 Å². The number of carbonyl (C=O) groups is 1. The van der Waals surface area contributed by atoms with Gasteiger partial charge < -0.3 is 10.2 Å². The molecule has 1 amide bonds. The maximum Gasteiger partial charge on any atom is 0.223 e. The molecule has 5 atom stereocenters. The Hall–Kier alpha value is -0.570. The molecule has 0 radical (unpaired) electrons. The standard InChI is InChI=1S/C15H26N2O/c1-10-8-16-9-11(2)17(10)15(18)7-14-6-12-3-4-13(14)5-12/h10-14,16H,3-9H2,1-2H3. The smallest absolute Gasteiger partial charge is 0.223 e. The second kappa shape index (κ2) is 4.84. The molecule has 2 saturated carbocycles. The minimum atomic E-state index is 0.361. The van der Waals surface area contributed by atoms with Crippen LogP contribution in [0.25, 0.3) is 0 Å². The Labute approximate surface area is 110 Å². The molecule has 0 aromatic heterocycles. The second-order valence-corrected chi connectivity index (χ2v) is 6.80. The van der Waals surface area contributed by atoms with Gasteiger partial charge in [-0.2, -0.15) is 0 Å². The first-order valence-corrected chi connectivity index (χ1v) is 7.67. The van der Waals surface area contributed by atoms with Gasteiger partial charge in [-0.25, -0.2) is 0 Å². The second-order valence-electron chi connectivity index (χ2n) is 6.80. The van der Waals surface area contributed by atoms with Crippen LogP contribution in [0, 0.1) is 17.8 Å². The lowest BCUT2D eigenvalue weighted by molar-refractivity contribution is -0.138. The van der Waals surface area contributed by atoms with Gasteiger partial charge in [-0.15, -0.1) is 0 Å². The van der Waals surface area contributed by atoms with Crippen LogP contribution in [0.1, 0.15) is 46.0 Å². The van der Waals surface area contributed by atoms with Gasteiger partial charge in [-0.05, 0) is 50.9 Å². The van der Waals surface area contributed by atoms with E-state index in [9.17, 15) is 4.79 Å². The summed E-state index contributed by atoms with van der Waals surface area (Å²) in [5.74, 6) is 2.93. The Bertz CT molecular complexity index is 320. The highest BCUT2D eigenvalue weighted by atomic mass is 16.2. The Morgan fingerprint density at radius 1 is 1.17 bits per heavy atom. The number of carbonyl (C=O) groups excluding carboxylic acids is 1. The van der Waals surface area contributed by atoms with Gasteiger partial charge in [0.05, 0.1) is 0 Å². The summed E-state index contributed by atoms with van der Waals surface area (Å²) in [5.41, 5.74) is 0. The molecule has 2 bridgehead atoms. The summed E-state index contributed by atoms with van der Waals surface area (Å²) in [5, 5.41) is 3.40. The molecule has 18 heavy (non-hydrogen) atoms. The van der Waals surface area contributed by atoms with Crippen molar-refractivity contribution in [2.75, 3.05) is 13.1 Å². The molecule has 2 aliphatic carbocycles. The fraction of sp³-hybridized carbons (Fsp3) is 0.933. The number of amides is 1. The Kier molecular flexibility index (Phi) is 3.35. The molecule has 3 rings (SSSR count). The number of nitrogens with one attached hydrogen (secondary N) is 1. The molecule has 1 saturated heterocycles. The van der Waals surface area contributed by atoms with Gasteiger partial charge in [0.2, 0.25) is 5.91 Å². The third-order valence-electron chi connectivity index (χ3n) is 5.44. The van der Waals surface area contributed by atoms with Crippen molar-refractivity contribution in [2.45, 2.75) is 58.0 Å². The molecule has 1 N–H and O–H groups in total. The van der Waals surface area contributed by atoms with E-state index in [-0.39, 0.29) is 0 Å². The van der Waals surface area contributed by atoms with E-state index in [1.54, 1.807) is 0 Å². The normalized spacial score (nSPS) is 43.4. The average molecular weight is 250 g/mol. The first kappa shape index (κ1) is 12.5. The molecular weight excluding hydrogens is 224 g/mol. The average Bonchev–Trinajstić information content (AvgIpc) is 2.90. The zero-order valence-corrected chi connectivity index (χ0v) is 11.7. The predicted molar refractivity (Wildman–Crippen MR) is 72.2 cm³/mol. The molecule has 3 nitrogen and oxygen atoms in total. The van der Waals surface area contributed by atoms with E-state index in [1.165, 1.54) is 25.7 Å². The van der Waals surface area contributed by atoms with E-state index in [0.29, 0.717) is 23.9 Å². The summed E-state index contributed by atoms with van der Waals surface area (Å²) in [7, 11) is 0. The topological polar surface area (TPSA) is 32.3 Å². The van der Waals surface area contributed by atoms with Crippen molar-refractivity contribution in [3.63, 3.8) is 0 Å². The van der Waals surface area contributed by atoms with Gasteiger partial charge in [0.25, 0.3) is 0 Å². The van der Waals surface area contributed by atoms with Crippen LogP contribution in [-0.2, 0) is 4.79 Å². The first-order chi connectivity index (χ1) is 8.65. The largest absolute Gasteiger partial charge is 0.335 e. The van der Waals surface area contributed by atoms with Gasteiger partial charge in [0, 0.05) is 31.6 Å². The van der Waals surface area contributed by atoms with Crippen molar-refractivity contribution >= 4 is 5.91 Å². The van der Waals surface area contributed by atoms with Crippen molar-refractivity contribution < 1.29 is 4.79 Å². The van der Waals surface area contributed by atoms with E-state index in [1.807, 2.05) is 0 Å². The molecule has 102 valence electrons. The van der Waals surface area contributed by atoms with Gasteiger partial charge >= 0.3 is 0 Å². The predicted octanol–water partition coefficient (Wildman–Crippen LogP) is 2.02. The molecule has 0 spiro atoms. The summed E-state index contributed by atoms with van der Waals surface area (Å²) in [6, 6.07) is 0.722. The third kappa shape index (κ3) is 2.18. The van der Waals surface area contributed by atoms with E-state index in [4.69, 9.17) is 0 Å². The number of piperazine rings is 1. The monoisotopic (exact) mass is 250 g/mol. The minimum absolute atomic E-state index is 0.361. The molecule has 5 unspecified atom stereocenters. The molecule has 3 heteroatoms. The lowest BCUT2D eigenvalue weighted by Crippen LogP contribution is -2.57. The van der Waals surface area contributed by atoms with Gasteiger partial charge in [0.15, 0.2) is 0 Å². The Balaban J connectivity index is 1.60. The number of hydrogen-bond acceptors (Lipinski definition) is 2. The summed E-state index contributed by atoms with van der Waals surface area (Å²) in [6.45, 7) is 6.24. The lowest BCUT2D eigenvalue weighted by atomic mass is 9.86. The van der Waals surface area contributed by atoms with Crippen LogP contribution in [0.2, 0.25) is 0 Å². The van der Waals surface area contributed by atoms with Crippen molar-refractivity contribution in [2.24, 2.45) is 17.8 Å². The highest BCUT2D eigenvalue weighted by molar-refractivity contribution is 5.77. The molecular formula is C15H26N2O. The quantitative estimate of drug-likeness (QED) is 0.813. The highest BCUT2D eigenvalue weighted by Gasteiger charge is 2.41. The number of fused-ring (bicyclic) bond motifs is 2. The molecule has 0 aromatic carbocycles. The van der Waals surface area contributed by atoms with E-state index >= 15 is 0 Å². The van der Waals surface area contributed by atoms with E-state index in [2.05, 4.69) is 24.1 Å². The molecule has 0 aromatic rings. The van der Waals surface area contributed by atoms with Crippen molar-refractivity contribution in [3.8, 4) is 0 Å². The Morgan fingerprint density at radius 3 is 2.44 bits per heavy atom. The third-order valence-corrected chi connectivity index (χ3v) is 5.44. The summed E-state index contributed by atoms with van der Waals surface area (Å²) in [6.07, 6.45) is 6.36. The first-order valence-electron chi connectivity index (χ1n) is 7.67. The number of nitrogens with zero attached hydrogens (tertiary/aromatic N) is 1. The van der Waals surface area contributed by atoms with Crippen LogP contribution in [0.3, 0.4) is 0 Å². The zero-order chi connectivity index (χ0) is 12.7. The van der Waals surface area contributed by atoms with Crippen LogP contribution in [-0.4, -0.2) is 36.0 Å². The summed E-state index contributed by atoms with van der Waals surface area (Å²) >= 11 is 0. The summed E-state index contributed by atoms with van der Waals surface area (Å²) in [4.78, 5) is 14.7. The van der Waals surface area contributed by atoms with E-state index in [0.717, 1.165) is 31.3 Å². The van der Waals surface area contributed by atoms with Crippen LogP contribution >= 0.6 is 0 Å². The highest BCUT2D eigenvalue weighted by Crippen LogP contribution is 2.49. The number of hydrogen-bond donors (Lipinski definition) is 1. The molecule has 3 fully saturated rings. The Morgan fingerprint density at radius 2 is 1.89 bits per heavy atom. The van der Waals surface area contributed by atoms with Gasteiger partial charge in [-0.3, -0.25) is 4.79 Å². The molecule has 1 aliphatic heterocycles. The van der Waals surface area contributed by atoms with Gasteiger partial charge in [-0.1, -0.05) is 6.42 Å². The van der Waals surface area contributed by atoms with Crippen LogP contribution in [0.5, 0.6) is 0 Å². The van der Waals surface area contributed by atoms with Gasteiger partial charge in [0.1, 0.15) is 0 Å². The maximum atomic E-state index is 12.5. The summed E-state index contributed by atoms with van der Waals surface area (Å²) < 4.78 is 0. The van der Waals surface area contributed by atoms with E-state index < -0.39 is 0 Å². The minimum Gasteiger partial charge on any atom is -0.335 e. The van der Waals surface area contributed by atoms with Crippen molar-refractivity contribution in [1.82, 2.24) is 10.2 Å². The fourth-order valence-electron chi connectivity index (χ4n) is 4.58. The van der Waals surface area contributed by atoms with Crippen LogP contribution < -0.4 is 5.32 Å². The van der Waals surface area contributed by atoms with Crippen molar-refractivity contribution in [1.29, 1.82) is 0 Å². The van der Waals surface area contributed by atoms with Crippen LogP contribution in [0.15, 0.2) is 0 Å². The lowest BCUT2D eigenvalue weighted by Gasteiger charge is -2.40. The molecule has 1 heterocycles.